The van der Waals surface area contributed by atoms with Gasteiger partial charge in [-0.3, -0.25) is 4.79 Å². The molecule has 2 aromatic carbocycles. The Kier molecular flexibility index (Phi) is 3.33. The number of aromatic nitrogens is 3. The highest BCUT2D eigenvalue weighted by molar-refractivity contribution is 5.90. The molecule has 0 bridgehead atoms. The Bertz CT molecular complexity index is 842. The topological polar surface area (TPSA) is 51.0 Å². The first kappa shape index (κ1) is 13.9. The van der Waals surface area contributed by atoms with Gasteiger partial charge in [0.2, 0.25) is 0 Å². The number of carbonyl (C=O) groups is 1. The quantitative estimate of drug-likeness (QED) is 0.696. The number of carbonyl (C=O) groups excluding carboxylic acids is 1. The average Bonchev–Trinajstić information content (AvgIpc) is 3.01. The van der Waals surface area contributed by atoms with Crippen molar-refractivity contribution in [3.8, 4) is 0 Å². The lowest BCUT2D eigenvalue weighted by molar-refractivity contribution is -0.155. The van der Waals surface area contributed by atoms with E-state index in [9.17, 15) is 4.79 Å². The Morgan fingerprint density at radius 1 is 1.00 bits per heavy atom. The van der Waals surface area contributed by atoms with Gasteiger partial charge in [0.1, 0.15) is 5.52 Å². The van der Waals surface area contributed by atoms with Crippen molar-refractivity contribution < 1.29 is 4.79 Å². The smallest absolute Gasteiger partial charge is 0.250 e. The van der Waals surface area contributed by atoms with Crippen molar-refractivity contribution in [1.29, 1.82) is 0 Å². The van der Waals surface area contributed by atoms with E-state index in [0.717, 1.165) is 29.6 Å². The summed E-state index contributed by atoms with van der Waals surface area (Å²) >= 11 is 0. The van der Waals surface area contributed by atoms with E-state index in [-0.39, 0.29) is 18.0 Å². The van der Waals surface area contributed by atoms with E-state index in [1.165, 1.54) is 0 Å². The predicted octanol–water partition coefficient (Wildman–Crippen LogP) is 2.97. The van der Waals surface area contributed by atoms with Gasteiger partial charge in [-0.1, -0.05) is 54.6 Å². The second-order valence-corrected chi connectivity index (χ2v) is 5.85. The minimum Gasteiger partial charge on any atom is -0.331 e. The van der Waals surface area contributed by atoms with Gasteiger partial charge in [0.05, 0.1) is 11.6 Å². The van der Waals surface area contributed by atoms with E-state index < -0.39 is 0 Å². The normalized spacial score (nSPS) is 20.7. The number of hydrogen-bond donors (Lipinski definition) is 0. The van der Waals surface area contributed by atoms with Gasteiger partial charge in [-0.15, -0.1) is 5.10 Å². The molecule has 0 unspecified atom stereocenters. The van der Waals surface area contributed by atoms with E-state index >= 15 is 0 Å². The Hall–Kier alpha value is -2.69. The van der Waals surface area contributed by atoms with Crippen LogP contribution in [0.2, 0.25) is 0 Å². The summed E-state index contributed by atoms with van der Waals surface area (Å²) < 4.78 is 1.78. The number of amides is 1. The number of hydrogen-bond acceptors (Lipinski definition) is 3. The standard InChI is InChI=1S/C18H18N4O/c1-2-12-21-16(13-8-4-3-5-9-13)17(18(21)23)22-15-11-7-6-10-14(15)19-20-22/h3-11,16-17H,2,12H2,1H3/t16-,17+/m0/s1. The number of rotatable bonds is 4. The Balaban J connectivity index is 1.78. The van der Waals surface area contributed by atoms with Crippen LogP contribution in [-0.4, -0.2) is 32.3 Å². The van der Waals surface area contributed by atoms with Crippen LogP contribution in [0, 0.1) is 0 Å². The summed E-state index contributed by atoms with van der Waals surface area (Å²) in [7, 11) is 0. The van der Waals surface area contributed by atoms with Gasteiger partial charge in [0.25, 0.3) is 5.91 Å². The van der Waals surface area contributed by atoms with E-state index in [4.69, 9.17) is 0 Å². The zero-order chi connectivity index (χ0) is 15.8. The van der Waals surface area contributed by atoms with E-state index in [1.807, 2.05) is 47.4 Å². The lowest BCUT2D eigenvalue weighted by Gasteiger charge is -2.47. The first-order chi connectivity index (χ1) is 11.3. The van der Waals surface area contributed by atoms with Crippen molar-refractivity contribution in [3.63, 3.8) is 0 Å². The number of likely N-dealkylation sites (tertiary alicyclic amines) is 1. The third-order valence-electron chi connectivity index (χ3n) is 4.42. The maximum absolute atomic E-state index is 12.7. The fraction of sp³-hybridized carbons (Fsp3) is 0.278. The molecule has 1 saturated heterocycles. The number of fused-ring (bicyclic) bond motifs is 1. The second kappa shape index (κ2) is 5.50. The summed E-state index contributed by atoms with van der Waals surface area (Å²) in [6, 6.07) is 17.7. The molecular weight excluding hydrogens is 288 g/mol. The molecule has 1 aliphatic rings. The number of β-lactam (4-membered cyclic amide) rings is 1. The van der Waals surface area contributed by atoms with E-state index in [1.54, 1.807) is 4.68 Å². The molecular formula is C18H18N4O. The van der Waals surface area contributed by atoms with Crippen molar-refractivity contribution in [1.82, 2.24) is 19.9 Å². The lowest BCUT2D eigenvalue weighted by Crippen LogP contribution is -2.55. The maximum Gasteiger partial charge on any atom is 0.250 e. The molecule has 4 rings (SSSR count). The molecule has 1 fully saturated rings. The van der Waals surface area contributed by atoms with Gasteiger partial charge in [0.15, 0.2) is 6.04 Å². The van der Waals surface area contributed by atoms with Crippen molar-refractivity contribution in [2.24, 2.45) is 0 Å². The SMILES string of the molecule is CCCN1C(=O)[C@H](n2nnc3ccccc32)[C@@H]1c1ccccc1. The maximum atomic E-state index is 12.7. The molecule has 0 radical (unpaired) electrons. The molecule has 0 aliphatic carbocycles. The average molecular weight is 306 g/mol. The fourth-order valence-electron chi connectivity index (χ4n) is 3.36. The van der Waals surface area contributed by atoms with Crippen molar-refractivity contribution >= 4 is 16.9 Å². The minimum atomic E-state index is -0.309. The lowest BCUT2D eigenvalue weighted by atomic mass is 9.88. The summed E-state index contributed by atoms with van der Waals surface area (Å²) in [5, 5.41) is 8.45. The highest BCUT2D eigenvalue weighted by atomic mass is 16.2. The van der Waals surface area contributed by atoms with Gasteiger partial charge in [-0.2, -0.15) is 0 Å². The molecule has 2 atom stereocenters. The van der Waals surface area contributed by atoms with Crippen LogP contribution >= 0.6 is 0 Å². The van der Waals surface area contributed by atoms with Crippen molar-refractivity contribution in [3.05, 3.63) is 60.2 Å². The molecule has 23 heavy (non-hydrogen) atoms. The molecule has 0 spiro atoms. The van der Waals surface area contributed by atoms with Crippen LogP contribution in [0.3, 0.4) is 0 Å². The molecule has 3 aromatic rings. The molecule has 1 aromatic heterocycles. The second-order valence-electron chi connectivity index (χ2n) is 5.85. The summed E-state index contributed by atoms with van der Waals surface area (Å²) in [6.45, 7) is 2.86. The van der Waals surface area contributed by atoms with Crippen LogP contribution in [0.4, 0.5) is 0 Å². The summed E-state index contributed by atoms with van der Waals surface area (Å²) in [5.41, 5.74) is 2.87. The molecule has 2 heterocycles. The predicted molar refractivity (Wildman–Crippen MR) is 87.8 cm³/mol. The van der Waals surface area contributed by atoms with Gasteiger partial charge in [-0.25, -0.2) is 4.68 Å². The van der Waals surface area contributed by atoms with Gasteiger partial charge in [-0.05, 0) is 24.1 Å². The Labute approximate surface area is 134 Å². The van der Waals surface area contributed by atoms with Gasteiger partial charge in [0, 0.05) is 6.54 Å². The highest BCUT2D eigenvalue weighted by Gasteiger charge is 2.49. The molecule has 5 heteroatoms. The first-order valence-corrected chi connectivity index (χ1v) is 7.96. The molecule has 0 N–H and O–H groups in total. The highest BCUT2D eigenvalue weighted by Crippen LogP contribution is 2.43. The zero-order valence-electron chi connectivity index (χ0n) is 13.0. The van der Waals surface area contributed by atoms with Crippen LogP contribution in [0.15, 0.2) is 54.6 Å². The van der Waals surface area contributed by atoms with E-state index in [0.29, 0.717) is 0 Å². The third-order valence-corrected chi connectivity index (χ3v) is 4.42. The molecule has 116 valence electrons. The number of para-hydroxylation sites is 1. The fourth-order valence-corrected chi connectivity index (χ4v) is 3.36. The summed E-state index contributed by atoms with van der Waals surface area (Å²) in [6.07, 6.45) is 0.944. The summed E-state index contributed by atoms with van der Waals surface area (Å²) in [4.78, 5) is 14.7. The molecule has 0 saturated carbocycles. The molecule has 1 amide bonds. The van der Waals surface area contributed by atoms with Crippen LogP contribution in [-0.2, 0) is 4.79 Å². The molecule has 5 nitrogen and oxygen atoms in total. The Morgan fingerprint density at radius 2 is 1.74 bits per heavy atom. The van der Waals surface area contributed by atoms with Crippen molar-refractivity contribution in [2.45, 2.75) is 25.4 Å². The minimum absolute atomic E-state index is 0.0220. The first-order valence-electron chi connectivity index (χ1n) is 7.96. The Morgan fingerprint density at radius 3 is 2.52 bits per heavy atom. The van der Waals surface area contributed by atoms with E-state index in [2.05, 4.69) is 29.4 Å². The third kappa shape index (κ3) is 2.11. The number of nitrogens with zero attached hydrogens (tertiary/aromatic N) is 4. The zero-order valence-corrected chi connectivity index (χ0v) is 13.0. The van der Waals surface area contributed by atoms with Crippen LogP contribution in [0.25, 0.3) is 11.0 Å². The monoisotopic (exact) mass is 306 g/mol. The van der Waals surface area contributed by atoms with Crippen molar-refractivity contribution in [2.75, 3.05) is 6.54 Å². The molecule has 1 aliphatic heterocycles. The van der Waals surface area contributed by atoms with Crippen LogP contribution in [0.5, 0.6) is 0 Å². The largest absolute Gasteiger partial charge is 0.331 e. The number of benzene rings is 2. The van der Waals surface area contributed by atoms with Gasteiger partial charge < -0.3 is 4.90 Å². The van der Waals surface area contributed by atoms with Crippen LogP contribution < -0.4 is 0 Å². The van der Waals surface area contributed by atoms with Gasteiger partial charge >= 0.3 is 0 Å². The van der Waals surface area contributed by atoms with Crippen LogP contribution in [0.1, 0.15) is 31.0 Å². The summed E-state index contributed by atoms with van der Waals surface area (Å²) in [5.74, 6) is 0.122.